The second-order valence-electron chi connectivity index (χ2n) is 3.82. The SMILES string of the molecule is CNc1cncc(N2CCS(=O)(=O)CC2)c1. The zero-order chi connectivity index (χ0) is 11.6. The summed E-state index contributed by atoms with van der Waals surface area (Å²) in [6.45, 7) is 1.11. The summed E-state index contributed by atoms with van der Waals surface area (Å²) in [5.41, 5.74) is 1.91. The van der Waals surface area contributed by atoms with Crippen LogP contribution in [0.5, 0.6) is 0 Å². The molecule has 1 aliphatic rings. The Kier molecular flexibility index (Phi) is 3.00. The molecule has 0 saturated carbocycles. The number of sulfone groups is 1. The van der Waals surface area contributed by atoms with Crippen molar-refractivity contribution in [2.75, 3.05) is 41.9 Å². The van der Waals surface area contributed by atoms with Crippen LogP contribution >= 0.6 is 0 Å². The average molecular weight is 241 g/mol. The van der Waals surface area contributed by atoms with E-state index in [2.05, 4.69) is 15.2 Å². The van der Waals surface area contributed by atoms with Crippen molar-refractivity contribution in [1.82, 2.24) is 4.98 Å². The van der Waals surface area contributed by atoms with Crippen LogP contribution in [0.2, 0.25) is 0 Å². The lowest BCUT2D eigenvalue weighted by atomic mass is 10.3. The third-order valence-electron chi connectivity index (χ3n) is 2.72. The van der Waals surface area contributed by atoms with Crippen LogP contribution in [0, 0.1) is 0 Å². The molecule has 88 valence electrons. The summed E-state index contributed by atoms with van der Waals surface area (Å²) in [5.74, 6) is 0.466. The van der Waals surface area contributed by atoms with Gasteiger partial charge in [-0.25, -0.2) is 8.42 Å². The zero-order valence-corrected chi connectivity index (χ0v) is 10.00. The zero-order valence-electron chi connectivity index (χ0n) is 9.18. The maximum Gasteiger partial charge on any atom is 0.153 e. The minimum atomic E-state index is -2.82. The third kappa shape index (κ3) is 2.44. The maximum atomic E-state index is 11.3. The maximum absolute atomic E-state index is 11.3. The van der Waals surface area contributed by atoms with E-state index in [1.165, 1.54) is 0 Å². The van der Waals surface area contributed by atoms with Crippen molar-refractivity contribution in [3.63, 3.8) is 0 Å². The molecule has 2 rings (SSSR count). The third-order valence-corrected chi connectivity index (χ3v) is 4.33. The van der Waals surface area contributed by atoms with Gasteiger partial charge in [-0.15, -0.1) is 0 Å². The van der Waals surface area contributed by atoms with Gasteiger partial charge in [-0.05, 0) is 6.07 Å². The smallest absolute Gasteiger partial charge is 0.153 e. The normalized spacial score (nSPS) is 19.4. The Balaban J connectivity index is 2.13. The highest BCUT2D eigenvalue weighted by Gasteiger charge is 2.21. The lowest BCUT2D eigenvalue weighted by Crippen LogP contribution is -2.40. The van der Waals surface area contributed by atoms with E-state index >= 15 is 0 Å². The van der Waals surface area contributed by atoms with E-state index in [1.807, 2.05) is 13.1 Å². The molecule has 1 N–H and O–H groups in total. The monoisotopic (exact) mass is 241 g/mol. The molecule has 0 atom stereocenters. The number of anilines is 2. The van der Waals surface area contributed by atoms with Gasteiger partial charge in [-0.3, -0.25) is 4.98 Å². The minimum Gasteiger partial charge on any atom is -0.387 e. The van der Waals surface area contributed by atoms with E-state index in [9.17, 15) is 8.42 Å². The van der Waals surface area contributed by atoms with Crippen LogP contribution in [0.4, 0.5) is 11.4 Å². The molecular formula is C10H15N3O2S. The first-order valence-corrected chi connectivity index (χ1v) is 7.01. The summed E-state index contributed by atoms with van der Waals surface area (Å²) in [7, 11) is -0.982. The molecule has 16 heavy (non-hydrogen) atoms. The quantitative estimate of drug-likeness (QED) is 0.810. The van der Waals surface area contributed by atoms with Crippen LogP contribution in [0.1, 0.15) is 0 Å². The molecule has 6 heteroatoms. The Morgan fingerprint density at radius 1 is 1.31 bits per heavy atom. The standard InChI is InChI=1S/C10H15N3O2S/c1-11-9-6-10(8-12-7-9)13-2-4-16(14,15)5-3-13/h6-8,11H,2-5H2,1H3. The highest BCUT2D eigenvalue weighted by Crippen LogP contribution is 2.19. The molecule has 0 bridgehead atoms. The molecule has 0 aliphatic carbocycles. The average Bonchev–Trinajstić information content (AvgIpc) is 2.29. The Morgan fingerprint density at radius 2 is 2.00 bits per heavy atom. The molecule has 0 unspecified atom stereocenters. The van der Waals surface area contributed by atoms with E-state index in [-0.39, 0.29) is 11.5 Å². The lowest BCUT2D eigenvalue weighted by molar-refractivity contribution is 0.587. The number of pyridine rings is 1. The number of rotatable bonds is 2. The molecule has 2 heterocycles. The van der Waals surface area contributed by atoms with Crippen molar-refractivity contribution in [3.05, 3.63) is 18.5 Å². The van der Waals surface area contributed by atoms with Gasteiger partial charge in [0.25, 0.3) is 0 Å². The van der Waals surface area contributed by atoms with Gasteiger partial charge in [0.05, 0.1) is 35.3 Å². The fourth-order valence-electron chi connectivity index (χ4n) is 1.71. The first-order chi connectivity index (χ1) is 7.61. The van der Waals surface area contributed by atoms with Crippen LogP contribution in [-0.4, -0.2) is 45.0 Å². The number of aromatic nitrogens is 1. The van der Waals surface area contributed by atoms with Crippen molar-refractivity contribution >= 4 is 21.2 Å². The van der Waals surface area contributed by atoms with E-state index in [4.69, 9.17) is 0 Å². The Bertz CT molecular complexity index is 459. The van der Waals surface area contributed by atoms with Crippen molar-refractivity contribution in [2.24, 2.45) is 0 Å². The van der Waals surface area contributed by atoms with Crippen molar-refractivity contribution < 1.29 is 8.42 Å². The second-order valence-corrected chi connectivity index (χ2v) is 6.12. The Labute approximate surface area is 95.4 Å². The Morgan fingerprint density at radius 3 is 2.62 bits per heavy atom. The van der Waals surface area contributed by atoms with E-state index in [1.54, 1.807) is 12.4 Å². The first-order valence-electron chi connectivity index (χ1n) is 5.19. The fourth-order valence-corrected chi connectivity index (χ4v) is 2.91. The predicted molar refractivity (Wildman–Crippen MR) is 64.7 cm³/mol. The second kappa shape index (κ2) is 4.29. The molecule has 0 aromatic carbocycles. The summed E-state index contributed by atoms with van der Waals surface area (Å²) in [6.07, 6.45) is 3.50. The van der Waals surface area contributed by atoms with Crippen molar-refractivity contribution in [3.8, 4) is 0 Å². The van der Waals surface area contributed by atoms with Crippen molar-refractivity contribution in [1.29, 1.82) is 0 Å². The summed E-state index contributed by atoms with van der Waals surface area (Å²) in [5, 5.41) is 3.02. The van der Waals surface area contributed by atoms with Crippen LogP contribution in [-0.2, 0) is 9.84 Å². The highest BCUT2D eigenvalue weighted by molar-refractivity contribution is 7.91. The van der Waals surface area contributed by atoms with Gasteiger partial charge in [0.15, 0.2) is 9.84 Å². The van der Waals surface area contributed by atoms with Crippen LogP contribution in [0.15, 0.2) is 18.5 Å². The largest absolute Gasteiger partial charge is 0.387 e. The van der Waals surface area contributed by atoms with Crippen LogP contribution in [0.25, 0.3) is 0 Å². The molecule has 1 saturated heterocycles. The molecule has 0 amide bonds. The highest BCUT2D eigenvalue weighted by atomic mass is 32.2. The van der Waals surface area contributed by atoms with Gasteiger partial charge < -0.3 is 10.2 Å². The molecule has 1 aromatic heterocycles. The summed E-state index contributed by atoms with van der Waals surface area (Å²) >= 11 is 0. The van der Waals surface area contributed by atoms with Gasteiger partial charge in [0.1, 0.15) is 0 Å². The topological polar surface area (TPSA) is 62.3 Å². The van der Waals surface area contributed by atoms with Gasteiger partial charge in [-0.2, -0.15) is 0 Å². The summed E-state index contributed by atoms with van der Waals surface area (Å²) < 4.78 is 22.6. The molecule has 1 aromatic rings. The van der Waals surface area contributed by atoms with E-state index in [0.29, 0.717) is 13.1 Å². The van der Waals surface area contributed by atoms with Crippen molar-refractivity contribution in [2.45, 2.75) is 0 Å². The van der Waals surface area contributed by atoms with Gasteiger partial charge >= 0.3 is 0 Å². The lowest BCUT2D eigenvalue weighted by Gasteiger charge is -2.28. The molecule has 1 aliphatic heterocycles. The predicted octanol–water partition coefficient (Wildman–Crippen LogP) is 0.358. The number of nitrogens with zero attached hydrogens (tertiary/aromatic N) is 2. The molecule has 0 spiro atoms. The van der Waals surface area contributed by atoms with E-state index < -0.39 is 9.84 Å². The molecule has 5 nitrogen and oxygen atoms in total. The molecule has 1 fully saturated rings. The molecule has 0 radical (unpaired) electrons. The first kappa shape index (κ1) is 11.2. The van der Waals surface area contributed by atoms with E-state index in [0.717, 1.165) is 11.4 Å². The van der Waals surface area contributed by atoms with Crippen LogP contribution < -0.4 is 10.2 Å². The fraction of sp³-hybridized carbons (Fsp3) is 0.500. The summed E-state index contributed by atoms with van der Waals surface area (Å²) in [6, 6.07) is 1.98. The number of hydrogen-bond donors (Lipinski definition) is 1. The number of hydrogen-bond acceptors (Lipinski definition) is 5. The Hall–Kier alpha value is -1.30. The minimum absolute atomic E-state index is 0.233. The van der Waals surface area contributed by atoms with Crippen LogP contribution in [0.3, 0.4) is 0 Å². The summed E-state index contributed by atoms with van der Waals surface area (Å²) in [4.78, 5) is 6.16. The van der Waals surface area contributed by atoms with Gasteiger partial charge in [0.2, 0.25) is 0 Å². The van der Waals surface area contributed by atoms with Gasteiger partial charge in [-0.1, -0.05) is 0 Å². The molecular weight excluding hydrogens is 226 g/mol. The number of nitrogens with one attached hydrogen (secondary N) is 1. The van der Waals surface area contributed by atoms with Gasteiger partial charge in [0, 0.05) is 20.1 Å².